The van der Waals surface area contributed by atoms with E-state index in [9.17, 15) is 68.8 Å². The molecule has 5 aliphatic carbocycles. The number of ether oxygens (including phenoxy) is 6. The molecule has 5 aromatic carbocycles. The van der Waals surface area contributed by atoms with Crippen molar-refractivity contribution in [2.45, 2.75) is 265 Å². The summed E-state index contributed by atoms with van der Waals surface area (Å²) >= 11 is 14.6. The number of carbonyl (C=O) groups is 9. The first-order valence-electron chi connectivity index (χ1n) is 45.3. The molecule has 0 aromatic heterocycles. The minimum atomic E-state index is -3.66. The van der Waals surface area contributed by atoms with Crippen LogP contribution in [0.1, 0.15) is 201 Å². The first-order chi connectivity index (χ1) is 63.3. The lowest BCUT2D eigenvalue weighted by Gasteiger charge is -2.54. The molecular weight excluding hydrogens is 1790 g/mol. The van der Waals surface area contributed by atoms with Crippen LogP contribution in [0.2, 0.25) is 10.0 Å². The lowest BCUT2D eigenvalue weighted by Crippen LogP contribution is -2.64. The van der Waals surface area contributed by atoms with Gasteiger partial charge in [0, 0.05) is 48.3 Å². The van der Waals surface area contributed by atoms with Crippen LogP contribution in [-0.4, -0.2) is 231 Å². The van der Waals surface area contributed by atoms with E-state index in [-0.39, 0.29) is 107 Å². The summed E-state index contributed by atoms with van der Waals surface area (Å²) in [5.41, 5.74) is 2.43. The molecule has 42 heteroatoms. The van der Waals surface area contributed by atoms with Crippen LogP contribution in [0.4, 0.5) is 4.79 Å². The van der Waals surface area contributed by atoms with Crippen LogP contribution in [0.15, 0.2) is 72.8 Å². The van der Waals surface area contributed by atoms with Crippen molar-refractivity contribution in [2.75, 3.05) is 32.5 Å². The van der Waals surface area contributed by atoms with Crippen LogP contribution in [-0.2, 0) is 69.1 Å². The number of rotatable bonds is 28. The van der Waals surface area contributed by atoms with Gasteiger partial charge in [-0.05, 0) is 204 Å². The highest BCUT2D eigenvalue weighted by Gasteiger charge is 2.54. The summed E-state index contributed by atoms with van der Waals surface area (Å²) in [4.78, 5) is 139. The number of nitrogens with two attached hydrogens (primary N) is 1. The number of sulfonamides is 1. The number of hydrogen-bond acceptors (Lipinski definition) is 29. The molecule has 17 rings (SSSR count). The van der Waals surface area contributed by atoms with Crippen molar-refractivity contribution < 1.29 is 126 Å². The Morgan fingerprint density at radius 3 is 1.93 bits per heavy atom. The van der Waals surface area contributed by atoms with Crippen molar-refractivity contribution >= 4 is 86.5 Å². The molecule has 5 aromatic rings. The fourth-order valence-electron chi connectivity index (χ4n) is 19.4. The molecule has 0 spiro atoms. The van der Waals surface area contributed by atoms with Gasteiger partial charge in [0.15, 0.2) is 23.9 Å². The Labute approximate surface area is 777 Å². The number of likely N-dealkylation sites (N-methyl/N-ethyl adjacent to an activating group) is 1. The van der Waals surface area contributed by atoms with Crippen LogP contribution < -0.4 is 83.2 Å². The molecule has 7 heterocycles. The van der Waals surface area contributed by atoms with Gasteiger partial charge in [-0.1, -0.05) is 87.9 Å². The second-order valence-electron chi connectivity index (χ2n) is 37.1. The number of fused-ring (bicyclic) bond motifs is 15. The van der Waals surface area contributed by atoms with E-state index >= 15 is 28.8 Å². The van der Waals surface area contributed by atoms with E-state index in [0.29, 0.717) is 31.1 Å². The van der Waals surface area contributed by atoms with Gasteiger partial charge >= 0.3 is 6.03 Å². The van der Waals surface area contributed by atoms with Gasteiger partial charge in [0.05, 0.1) is 52.6 Å². The van der Waals surface area contributed by atoms with E-state index in [1.165, 1.54) is 45.2 Å². The molecule has 7 fully saturated rings. The van der Waals surface area contributed by atoms with Crippen molar-refractivity contribution in [1.82, 2.24) is 63.2 Å². The predicted octanol–water partition coefficient (Wildman–Crippen LogP) is 3.83. The standard InChI is InChI=1S/C91H119Cl2N13O26S/c1-7-8-9-10-11-23-133(125,126)97-22-12-21-96-38-53-59(109)35-52-67(76(53)113)51-30-44(13-18-58(51)108)69-84(119)106-73(88(123)104-71(52)86(121)101-68-47-26-42-25-43(28-47)29-48(68)27-42)75(112)46-15-20-61(55(93)32-46)129-63-34-49-33-62(79(63)132-89-80(78(115)77(114)64(39-107)130-89)131-66-37-91(5,94)81(116)41(4)127-66)128-60-19-14-45(31-54(60)92)74(111)72(105-82(117)56(95-6)24-40(2)3)87(122)99-57(83(118)102-70(49)85(120)103-69)36-65(110)100-90(124)98-50-16-17-50/h13-15,18-20,30-35,40-43,47-48,50,56-57,64,66,68-75,77-78,80-81,89,95-97,107-109,111-116H,7-12,16-17,21-29,36-39,94H2,1-6H3,(H,99,122)(H,101,121)(H,102,118)(H,103,120)(H,104,123)(H,105,117)(H,106,119)(H2,98,100,110,124)/t41-,42?,43?,47?,48?,56+,57-,64+,66-,68?,69+,70+,71-,72+,73-,74+,75+,77+,78-,80+,81+,89-,91-/m0/s1. The van der Waals surface area contributed by atoms with Gasteiger partial charge in [0.1, 0.15) is 95.5 Å². The second kappa shape index (κ2) is 42.2. The van der Waals surface area contributed by atoms with Crippen LogP contribution in [0.5, 0.6) is 46.0 Å². The molecule has 2 saturated heterocycles. The molecule has 0 radical (unpaired) electrons. The van der Waals surface area contributed by atoms with Gasteiger partial charge in [-0.2, -0.15) is 0 Å². The fraction of sp³-hybridized carbons (Fsp3) is 0.571. The van der Waals surface area contributed by atoms with Crippen LogP contribution in [0.25, 0.3) is 11.1 Å². The number of phenols is 3. The lowest BCUT2D eigenvalue weighted by atomic mass is 9.54. The average molecular weight is 1910 g/mol. The Kier molecular flexibility index (Phi) is 31.4. The van der Waals surface area contributed by atoms with Crippen molar-refractivity contribution in [1.29, 1.82) is 0 Å². The third-order valence-corrected chi connectivity index (χ3v) is 28.5. The number of carbonyl (C=O) groups excluding carboxylic acids is 9. The number of aromatic hydroxyl groups is 3. The smallest absolute Gasteiger partial charge is 0.321 e. The second-order valence-corrected chi connectivity index (χ2v) is 39.8. The molecule has 133 heavy (non-hydrogen) atoms. The third kappa shape index (κ3) is 23.0. The summed E-state index contributed by atoms with van der Waals surface area (Å²) in [6.45, 7) is 7.41. The molecule has 23 N–H and O–H groups in total. The largest absolute Gasteiger partial charge is 0.507 e. The molecule has 18 atom stereocenters. The van der Waals surface area contributed by atoms with E-state index in [1.807, 2.05) is 13.8 Å². The Balaban J connectivity index is 0.951. The molecule has 39 nitrogen and oxygen atoms in total. The molecule has 7 aliphatic heterocycles. The number of aliphatic hydroxyl groups is 6. The van der Waals surface area contributed by atoms with E-state index < -0.39 is 254 Å². The van der Waals surface area contributed by atoms with Crippen molar-refractivity contribution in [2.24, 2.45) is 35.3 Å². The molecule has 0 unspecified atom stereocenters. The fourth-order valence-corrected chi connectivity index (χ4v) is 21.0. The summed E-state index contributed by atoms with van der Waals surface area (Å²) < 4.78 is 67.8. The maximum Gasteiger partial charge on any atom is 0.321 e. The Hall–Kier alpha value is -9.86. The number of amides is 10. The zero-order valence-corrected chi connectivity index (χ0v) is 76.7. The number of halogens is 2. The molecule has 12 aliphatic rings. The highest BCUT2D eigenvalue weighted by molar-refractivity contribution is 7.89. The summed E-state index contributed by atoms with van der Waals surface area (Å²) in [7, 11) is -2.18. The predicted molar refractivity (Wildman–Crippen MR) is 478 cm³/mol. The zero-order chi connectivity index (χ0) is 95.5. The van der Waals surface area contributed by atoms with Gasteiger partial charge in [0.25, 0.3) is 0 Å². The normalized spacial score (nSPS) is 30.0. The van der Waals surface area contributed by atoms with E-state index in [4.69, 9.17) is 57.4 Å². The number of phenolic OH excluding ortho intramolecular Hbond substituents is 3. The van der Waals surface area contributed by atoms with Crippen molar-refractivity contribution in [3.05, 3.63) is 116 Å². The third-order valence-electron chi connectivity index (χ3n) is 26.4. The van der Waals surface area contributed by atoms with Gasteiger partial charge in [-0.25, -0.2) is 17.9 Å². The van der Waals surface area contributed by atoms with Crippen LogP contribution in [0.3, 0.4) is 0 Å². The number of nitrogens with one attached hydrogen (secondary N) is 12. The maximum atomic E-state index is 16.8. The minimum absolute atomic E-state index is 0.000939. The summed E-state index contributed by atoms with van der Waals surface area (Å²) in [5.74, 6) is -14.2. The van der Waals surface area contributed by atoms with Crippen molar-refractivity contribution in [3.63, 3.8) is 0 Å². The molecule has 15 bridgehead atoms. The quantitative estimate of drug-likeness (QED) is 0.0316. The molecule has 10 amide bonds. The number of benzene rings is 5. The average Bonchev–Trinajstić information content (AvgIpc) is 1.60. The molecular formula is C91H119Cl2N13O26S. The highest BCUT2D eigenvalue weighted by atomic mass is 35.5. The lowest BCUT2D eigenvalue weighted by molar-refractivity contribution is -0.333. The SMILES string of the molecule is CCCCCCCS(=O)(=O)NCCCNCc1c(O)cc2c(c1O)-c1cc(ccc1O)[C@H]1NC(=O)[C@@H]3NC(=O)[C@H](CC(=O)NC(=O)NC4CC4)NC(=O)[C@H](NC(=O)[C@@H](CC(C)C)NC)[C@H](O)c4ccc(c(Cl)c4)Oc4cc3cc(c4O[C@@H]3O[C@H](CO)[C@@H](O)[C@H](O)[C@H]3O[C@H]3C[C@](C)(N)[C@H](O)[C@H](C)O3)Oc3ccc(cc3Cl)[C@@H](O)[C@H](NC1=O)C(=O)N[C@@H]2C(=O)NC1C2CC3CC(C2)CC1C3. The Bertz CT molecular complexity index is 5280. The first-order valence-corrected chi connectivity index (χ1v) is 47.7. The topological polar surface area (TPSA) is 596 Å². The van der Waals surface area contributed by atoms with Crippen molar-refractivity contribution in [3.8, 4) is 57.1 Å². The maximum absolute atomic E-state index is 16.8. The summed E-state index contributed by atoms with van der Waals surface area (Å²) in [6.07, 6.45) is -9.48. The first kappa shape index (κ1) is 99.1. The number of unbranched alkanes of at least 4 members (excludes halogenated alkanes) is 4. The van der Waals surface area contributed by atoms with E-state index in [1.54, 1.807) is 0 Å². The van der Waals surface area contributed by atoms with Gasteiger partial charge in [0.2, 0.25) is 69.3 Å². The van der Waals surface area contributed by atoms with Gasteiger partial charge in [-0.3, -0.25) is 43.7 Å². The number of aliphatic hydroxyl groups excluding tert-OH is 6. The minimum Gasteiger partial charge on any atom is -0.507 e. The number of hydrogen-bond donors (Lipinski definition) is 22. The van der Waals surface area contributed by atoms with Crippen LogP contribution >= 0.6 is 23.2 Å². The Morgan fingerprint density at radius 2 is 1.31 bits per heavy atom. The summed E-state index contributed by atoms with van der Waals surface area (Å²) in [6, 6.07) is -2.67. The number of urea groups is 1. The Morgan fingerprint density at radius 1 is 0.677 bits per heavy atom. The molecule has 5 saturated carbocycles. The van der Waals surface area contributed by atoms with E-state index in [2.05, 4.69) is 70.1 Å². The van der Waals surface area contributed by atoms with Gasteiger partial charge < -0.3 is 133 Å². The highest BCUT2D eigenvalue weighted by Crippen LogP contribution is 2.55. The summed E-state index contributed by atoms with van der Waals surface area (Å²) in [5, 5.41) is 138. The molecule has 724 valence electrons. The van der Waals surface area contributed by atoms with E-state index in [0.717, 1.165) is 106 Å². The monoisotopic (exact) mass is 1910 g/mol. The zero-order valence-electron chi connectivity index (χ0n) is 74.3. The number of imide groups is 1. The van der Waals surface area contributed by atoms with Gasteiger partial charge in [-0.15, -0.1) is 0 Å². The van der Waals surface area contributed by atoms with Crippen LogP contribution in [0, 0.1) is 29.6 Å².